The molecule has 13 atom stereocenters. The minimum Gasteiger partial charge on any atom is -0.458 e. The number of oxime groups is 1. The van der Waals surface area contributed by atoms with E-state index < -0.39 is 60.1 Å². The van der Waals surface area contributed by atoms with Gasteiger partial charge in [-0.15, -0.1) is 0 Å². The molecule has 0 spiro atoms. The molecule has 12 nitrogen and oxygen atoms in total. The van der Waals surface area contributed by atoms with Crippen LogP contribution in [0.1, 0.15) is 75.2 Å². The number of aliphatic hydroxyl groups excluding tert-OH is 1. The molecule has 252 valence electrons. The Morgan fingerprint density at radius 2 is 1.68 bits per heavy atom. The van der Waals surface area contributed by atoms with Crippen LogP contribution < -0.4 is 0 Å². The molecule has 0 aromatic rings. The highest BCUT2D eigenvalue weighted by Crippen LogP contribution is 2.41. The Kier molecular flexibility index (Phi) is 11.9. The second kappa shape index (κ2) is 14.4. The van der Waals surface area contributed by atoms with Crippen molar-refractivity contribution < 1.29 is 43.3 Å². The van der Waals surface area contributed by atoms with Crippen LogP contribution in [-0.4, -0.2) is 115 Å². The van der Waals surface area contributed by atoms with E-state index in [0.717, 1.165) is 0 Å². The SMILES string of the molecule is CCN1C(=O)OC2(C)C1[C@@H](C)/C(=N/OC)[C@H](C)C[C@H](C)C(OC1O[C@H](C)CC(N(C)C)C1O)[C@H](C)C(=O)[C@@H](C)C(=O)O[C@@H]2C. The summed E-state index contributed by atoms with van der Waals surface area (Å²) in [4.78, 5) is 49.3. The molecule has 0 aromatic heterocycles. The lowest BCUT2D eigenvalue weighted by atomic mass is 9.74. The molecule has 0 aliphatic carbocycles. The van der Waals surface area contributed by atoms with Crippen LogP contribution in [0.15, 0.2) is 5.16 Å². The van der Waals surface area contributed by atoms with Gasteiger partial charge in [0.25, 0.3) is 0 Å². The van der Waals surface area contributed by atoms with Gasteiger partial charge >= 0.3 is 12.1 Å². The van der Waals surface area contributed by atoms with E-state index in [9.17, 15) is 19.5 Å². The maximum Gasteiger partial charge on any atom is 0.410 e. The van der Waals surface area contributed by atoms with Crippen LogP contribution in [0.4, 0.5) is 4.79 Å². The van der Waals surface area contributed by atoms with Crippen LogP contribution in [0.3, 0.4) is 0 Å². The molecule has 1 amide bonds. The average molecular weight is 626 g/mol. The number of carbonyl (C=O) groups is 3. The minimum absolute atomic E-state index is 0.157. The van der Waals surface area contributed by atoms with E-state index in [2.05, 4.69) is 5.16 Å². The van der Waals surface area contributed by atoms with Gasteiger partial charge in [-0.05, 0) is 73.4 Å². The van der Waals surface area contributed by atoms with E-state index in [4.69, 9.17) is 23.8 Å². The molecule has 3 rings (SSSR count). The maximum atomic E-state index is 13.9. The van der Waals surface area contributed by atoms with E-state index in [-0.39, 0.29) is 35.7 Å². The van der Waals surface area contributed by atoms with Crippen LogP contribution in [-0.2, 0) is 33.4 Å². The summed E-state index contributed by atoms with van der Waals surface area (Å²) < 4.78 is 24.4. The van der Waals surface area contributed by atoms with Gasteiger partial charge in [0, 0.05) is 24.4 Å². The lowest BCUT2D eigenvalue weighted by Gasteiger charge is -2.44. The summed E-state index contributed by atoms with van der Waals surface area (Å²) in [6, 6.07) is -0.712. The van der Waals surface area contributed by atoms with Gasteiger partial charge in [0.1, 0.15) is 25.2 Å². The Hall–Kier alpha value is -2.28. The Labute approximate surface area is 262 Å². The lowest BCUT2D eigenvalue weighted by molar-refractivity contribution is -0.278. The number of esters is 1. The number of carbonyl (C=O) groups excluding carboxylic acids is 3. The minimum atomic E-state index is -1.21. The molecule has 0 saturated carbocycles. The second-order valence-electron chi connectivity index (χ2n) is 13.5. The molecular formula is C32H55N3O9. The number of ketones is 1. The highest BCUT2D eigenvalue weighted by atomic mass is 16.7. The van der Waals surface area contributed by atoms with Crippen LogP contribution in [0, 0.1) is 29.6 Å². The summed E-state index contributed by atoms with van der Waals surface area (Å²) in [5, 5.41) is 15.7. The average Bonchev–Trinajstić information content (AvgIpc) is 3.23. The number of Topliss-reactive ketones (excluding diaryl/α,β-unsaturated/α-hetero) is 1. The topological polar surface area (TPSA) is 136 Å². The van der Waals surface area contributed by atoms with E-state index in [1.807, 2.05) is 53.6 Å². The van der Waals surface area contributed by atoms with Gasteiger partial charge in [-0.25, -0.2) is 4.79 Å². The fourth-order valence-corrected chi connectivity index (χ4v) is 7.47. The van der Waals surface area contributed by atoms with Gasteiger partial charge in [-0.1, -0.05) is 32.9 Å². The predicted molar refractivity (Wildman–Crippen MR) is 164 cm³/mol. The predicted octanol–water partition coefficient (Wildman–Crippen LogP) is 3.48. The van der Waals surface area contributed by atoms with Crippen molar-refractivity contribution in [1.82, 2.24) is 9.80 Å². The summed E-state index contributed by atoms with van der Waals surface area (Å²) in [5.41, 5.74) is -0.496. The molecule has 6 unspecified atom stereocenters. The number of likely N-dealkylation sites (N-methyl/N-ethyl adjacent to an activating group) is 2. The van der Waals surface area contributed by atoms with Crippen molar-refractivity contribution in [2.45, 2.75) is 124 Å². The molecule has 1 N–H and O–H groups in total. The number of cyclic esters (lactones) is 1. The van der Waals surface area contributed by atoms with Crippen molar-refractivity contribution in [3.8, 4) is 0 Å². The number of fused-ring (bicyclic) bond motifs is 1. The number of nitrogens with zero attached hydrogens (tertiary/aromatic N) is 3. The number of hydrogen-bond donors (Lipinski definition) is 1. The molecule has 3 heterocycles. The van der Waals surface area contributed by atoms with Crippen LogP contribution in [0.25, 0.3) is 0 Å². The molecule has 44 heavy (non-hydrogen) atoms. The number of aliphatic hydroxyl groups is 1. The first-order chi connectivity index (χ1) is 20.5. The fourth-order valence-electron chi connectivity index (χ4n) is 7.47. The zero-order valence-electron chi connectivity index (χ0n) is 28.6. The standard InChI is InChI=1S/C32H55N3O9/c1-13-35-28-19(5)24(33-40-12)16(2)14-17(3)27(43-30-26(37)23(34(10)11)15-18(4)41-30)20(6)25(36)21(7)29(38)42-22(8)32(28,9)44-31(35)39/h16-23,26-28,30,37H,13-15H2,1-12H3/b33-24+/t16-,17+,18-,19+,20-,21-,22-,23?,26?,27?,28?,30?,32?/m1/s1. The summed E-state index contributed by atoms with van der Waals surface area (Å²) in [5.74, 6) is -3.59. The molecule has 0 radical (unpaired) electrons. The summed E-state index contributed by atoms with van der Waals surface area (Å²) >= 11 is 0. The number of hydrogen-bond acceptors (Lipinski definition) is 11. The Morgan fingerprint density at radius 3 is 2.25 bits per heavy atom. The monoisotopic (exact) mass is 625 g/mol. The van der Waals surface area contributed by atoms with Crippen molar-refractivity contribution in [2.24, 2.45) is 34.7 Å². The molecule has 3 aliphatic heterocycles. The van der Waals surface area contributed by atoms with Crippen molar-refractivity contribution in [1.29, 1.82) is 0 Å². The number of ether oxygens (including phenoxy) is 4. The van der Waals surface area contributed by atoms with Crippen LogP contribution in [0.2, 0.25) is 0 Å². The highest BCUT2D eigenvalue weighted by molar-refractivity contribution is 6.00. The molecule has 0 aromatic carbocycles. The second-order valence-corrected chi connectivity index (χ2v) is 13.5. The zero-order chi connectivity index (χ0) is 33.3. The van der Waals surface area contributed by atoms with Gasteiger partial charge in [0.05, 0.1) is 24.0 Å². The highest BCUT2D eigenvalue weighted by Gasteiger charge is 2.58. The fraction of sp³-hybridized carbons (Fsp3) is 0.875. The number of amides is 1. The van der Waals surface area contributed by atoms with Gasteiger partial charge < -0.3 is 38.7 Å². The lowest BCUT2D eigenvalue weighted by Crippen LogP contribution is -2.57. The summed E-state index contributed by atoms with van der Waals surface area (Å²) in [6.45, 7) is 16.9. The first-order valence-corrected chi connectivity index (χ1v) is 16.0. The number of rotatable bonds is 5. The van der Waals surface area contributed by atoms with Crippen molar-refractivity contribution in [3.05, 3.63) is 0 Å². The van der Waals surface area contributed by atoms with E-state index in [1.54, 1.807) is 25.7 Å². The van der Waals surface area contributed by atoms with E-state index >= 15 is 0 Å². The Morgan fingerprint density at radius 1 is 1.05 bits per heavy atom. The summed E-state index contributed by atoms with van der Waals surface area (Å²) in [6.07, 6.45) is -2.94. The third kappa shape index (κ3) is 7.08. The van der Waals surface area contributed by atoms with Crippen LogP contribution >= 0.6 is 0 Å². The van der Waals surface area contributed by atoms with Crippen molar-refractivity contribution >= 4 is 23.6 Å². The molecule has 3 fully saturated rings. The molecule has 12 heteroatoms. The quantitative estimate of drug-likeness (QED) is 0.275. The van der Waals surface area contributed by atoms with Gasteiger partial charge in [0.15, 0.2) is 17.7 Å². The molecular weight excluding hydrogens is 570 g/mol. The van der Waals surface area contributed by atoms with Gasteiger partial charge in [0.2, 0.25) is 0 Å². The first-order valence-electron chi connectivity index (χ1n) is 16.0. The third-order valence-electron chi connectivity index (χ3n) is 10.1. The van der Waals surface area contributed by atoms with Gasteiger partial charge in [-0.2, -0.15) is 0 Å². The largest absolute Gasteiger partial charge is 0.458 e. The normalized spacial score (nSPS) is 43.8. The maximum absolute atomic E-state index is 13.9. The van der Waals surface area contributed by atoms with E-state index in [0.29, 0.717) is 25.1 Å². The smallest absolute Gasteiger partial charge is 0.410 e. The van der Waals surface area contributed by atoms with Crippen LogP contribution in [0.5, 0.6) is 0 Å². The zero-order valence-corrected chi connectivity index (χ0v) is 28.6. The summed E-state index contributed by atoms with van der Waals surface area (Å²) in [7, 11) is 5.29. The molecule has 3 saturated heterocycles. The third-order valence-corrected chi connectivity index (χ3v) is 10.1. The van der Waals surface area contributed by atoms with E-state index in [1.165, 1.54) is 14.0 Å². The molecule has 0 bridgehead atoms. The van der Waals surface area contributed by atoms with Gasteiger partial charge in [-0.3, -0.25) is 9.59 Å². The molecule has 3 aliphatic rings. The Bertz CT molecular complexity index is 1070. The van der Waals surface area contributed by atoms with Crippen molar-refractivity contribution in [2.75, 3.05) is 27.7 Å². The Balaban J connectivity index is 2.07. The van der Waals surface area contributed by atoms with Crippen molar-refractivity contribution in [3.63, 3.8) is 0 Å². The first kappa shape index (κ1) is 36.2.